The van der Waals surface area contributed by atoms with E-state index in [1.54, 1.807) is 0 Å². The minimum absolute atomic E-state index is 0.0146. The van der Waals surface area contributed by atoms with E-state index in [0.29, 0.717) is 6.42 Å². The summed E-state index contributed by atoms with van der Waals surface area (Å²) in [6.45, 7) is 13.0. The first-order valence-electron chi connectivity index (χ1n) is 6.42. The van der Waals surface area contributed by atoms with E-state index in [9.17, 15) is 5.11 Å². The predicted octanol–water partition coefficient (Wildman–Crippen LogP) is 3.32. The molecule has 1 aromatic heterocycles. The Balaban J connectivity index is 2.97. The summed E-state index contributed by atoms with van der Waals surface area (Å²) in [6.07, 6.45) is 3.92. The molecule has 0 aliphatic rings. The van der Waals surface area contributed by atoms with Crippen LogP contribution in [0.2, 0.25) is 0 Å². The van der Waals surface area contributed by atoms with Gasteiger partial charge in [0.25, 0.3) is 0 Å². The van der Waals surface area contributed by atoms with Crippen molar-refractivity contribution in [2.45, 2.75) is 45.8 Å². The van der Waals surface area contributed by atoms with Crippen molar-refractivity contribution in [2.75, 3.05) is 11.4 Å². The highest BCUT2D eigenvalue weighted by atomic mass is 16.3. The van der Waals surface area contributed by atoms with Gasteiger partial charge in [-0.25, -0.2) is 0 Å². The van der Waals surface area contributed by atoms with Gasteiger partial charge in [0, 0.05) is 12.1 Å². The standard InChI is InChI=1S/C15H24N2O/c1-6-10-17(15(3,4)5)12-8-9-13(16-11-12)14(18)7-2/h6,8-9,11,14,18H,1,7,10H2,2-5H3/t14-/m1/s1. The van der Waals surface area contributed by atoms with E-state index in [4.69, 9.17) is 0 Å². The maximum Gasteiger partial charge on any atom is 0.0957 e. The molecule has 0 bridgehead atoms. The highest BCUT2D eigenvalue weighted by Crippen LogP contribution is 2.24. The Morgan fingerprint density at radius 3 is 2.50 bits per heavy atom. The zero-order chi connectivity index (χ0) is 13.8. The molecule has 0 radical (unpaired) electrons. The molecule has 0 aliphatic carbocycles. The van der Waals surface area contributed by atoms with E-state index in [0.717, 1.165) is 17.9 Å². The molecule has 1 N–H and O–H groups in total. The summed E-state index contributed by atoms with van der Waals surface area (Å²) in [5, 5.41) is 9.73. The van der Waals surface area contributed by atoms with Crippen LogP contribution >= 0.6 is 0 Å². The number of anilines is 1. The smallest absolute Gasteiger partial charge is 0.0957 e. The predicted molar refractivity (Wildman–Crippen MR) is 76.8 cm³/mol. The second-order valence-corrected chi connectivity index (χ2v) is 5.44. The third-order valence-electron chi connectivity index (χ3n) is 2.93. The summed E-state index contributed by atoms with van der Waals surface area (Å²) in [7, 11) is 0. The van der Waals surface area contributed by atoms with Gasteiger partial charge in [-0.2, -0.15) is 0 Å². The van der Waals surface area contributed by atoms with Crippen molar-refractivity contribution in [3.8, 4) is 0 Å². The number of aliphatic hydroxyl groups excluding tert-OH is 1. The van der Waals surface area contributed by atoms with Crippen molar-refractivity contribution in [3.63, 3.8) is 0 Å². The summed E-state index contributed by atoms with van der Waals surface area (Å²) in [6, 6.07) is 3.90. The topological polar surface area (TPSA) is 36.4 Å². The average Bonchev–Trinajstić information content (AvgIpc) is 2.34. The van der Waals surface area contributed by atoms with Crippen molar-refractivity contribution < 1.29 is 5.11 Å². The Labute approximate surface area is 110 Å². The Morgan fingerprint density at radius 1 is 1.44 bits per heavy atom. The summed E-state index contributed by atoms with van der Waals surface area (Å²) in [4.78, 5) is 6.57. The van der Waals surface area contributed by atoms with Crippen molar-refractivity contribution >= 4 is 5.69 Å². The molecule has 0 aromatic carbocycles. The number of aromatic nitrogens is 1. The SMILES string of the molecule is C=CCN(c1ccc([C@H](O)CC)nc1)C(C)(C)C. The second kappa shape index (κ2) is 6.01. The van der Waals surface area contributed by atoms with Gasteiger partial charge in [0.15, 0.2) is 0 Å². The molecule has 1 atom stereocenters. The maximum absolute atomic E-state index is 9.73. The maximum atomic E-state index is 9.73. The molecule has 0 unspecified atom stereocenters. The number of aliphatic hydroxyl groups is 1. The summed E-state index contributed by atoms with van der Waals surface area (Å²) < 4.78 is 0. The normalized spacial score (nSPS) is 13.2. The Hall–Kier alpha value is -1.35. The molecule has 100 valence electrons. The molecule has 1 heterocycles. The molecule has 18 heavy (non-hydrogen) atoms. The molecular weight excluding hydrogens is 224 g/mol. The largest absolute Gasteiger partial charge is 0.387 e. The summed E-state index contributed by atoms with van der Waals surface area (Å²) >= 11 is 0. The van der Waals surface area contributed by atoms with Crippen molar-refractivity contribution in [1.29, 1.82) is 0 Å². The molecule has 0 saturated carbocycles. The van der Waals surface area contributed by atoms with Crippen molar-refractivity contribution in [1.82, 2.24) is 4.98 Å². The Bertz CT molecular complexity index is 378. The molecule has 0 spiro atoms. The van der Waals surface area contributed by atoms with E-state index in [2.05, 4.69) is 37.2 Å². The molecule has 0 amide bonds. The molecule has 1 rings (SSSR count). The Morgan fingerprint density at radius 2 is 2.11 bits per heavy atom. The van der Waals surface area contributed by atoms with E-state index < -0.39 is 6.10 Å². The van der Waals surface area contributed by atoms with Gasteiger partial charge < -0.3 is 10.0 Å². The molecular formula is C15H24N2O. The fourth-order valence-corrected chi connectivity index (χ4v) is 1.86. The molecule has 1 aromatic rings. The zero-order valence-corrected chi connectivity index (χ0v) is 11.8. The lowest BCUT2D eigenvalue weighted by atomic mass is 10.0. The third kappa shape index (κ3) is 3.57. The Kier molecular flexibility index (Phi) is 4.91. The van der Waals surface area contributed by atoms with Gasteiger partial charge in [0.1, 0.15) is 0 Å². The van der Waals surface area contributed by atoms with Crippen LogP contribution in [0.5, 0.6) is 0 Å². The lowest BCUT2D eigenvalue weighted by Gasteiger charge is -2.36. The van der Waals surface area contributed by atoms with Gasteiger partial charge in [-0.3, -0.25) is 4.98 Å². The quantitative estimate of drug-likeness (QED) is 0.812. The molecule has 3 heteroatoms. The van der Waals surface area contributed by atoms with Crippen LogP contribution in [0.3, 0.4) is 0 Å². The van der Waals surface area contributed by atoms with Gasteiger partial charge in [0.2, 0.25) is 0 Å². The number of hydrogen-bond donors (Lipinski definition) is 1. The van der Waals surface area contributed by atoms with Crippen LogP contribution in [0.1, 0.15) is 45.9 Å². The van der Waals surface area contributed by atoms with E-state index in [1.807, 2.05) is 31.3 Å². The monoisotopic (exact) mass is 248 g/mol. The van der Waals surface area contributed by atoms with Crippen molar-refractivity contribution in [3.05, 3.63) is 36.7 Å². The summed E-state index contributed by atoms with van der Waals surface area (Å²) in [5.41, 5.74) is 1.80. The van der Waals surface area contributed by atoms with Crippen LogP contribution in [0.15, 0.2) is 31.0 Å². The molecule has 0 aliphatic heterocycles. The highest BCUT2D eigenvalue weighted by Gasteiger charge is 2.20. The first kappa shape index (κ1) is 14.7. The highest BCUT2D eigenvalue weighted by molar-refractivity contribution is 5.47. The minimum Gasteiger partial charge on any atom is -0.387 e. The zero-order valence-electron chi connectivity index (χ0n) is 11.8. The van der Waals surface area contributed by atoms with Crippen LogP contribution in [-0.4, -0.2) is 22.2 Å². The van der Waals surface area contributed by atoms with Crippen LogP contribution < -0.4 is 4.90 Å². The lowest BCUT2D eigenvalue weighted by Crippen LogP contribution is -2.41. The summed E-state index contributed by atoms with van der Waals surface area (Å²) in [5.74, 6) is 0. The number of hydrogen-bond acceptors (Lipinski definition) is 3. The number of rotatable bonds is 5. The van der Waals surface area contributed by atoms with Crippen LogP contribution in [0.25, 0.3) is 0 Å². The molecule has 0 saturated heterocycles. The third-order valence-corrected chi connectivity index (χ3v) is 2.93. The first-order chi connectivity index (χ1) is 8.40. The van der Waals surface area contributed by atoms with E-state index in [1.165, 1.54) is 0 Å². The van der Waals surface area contributed by atoms with Crippen LogP contribution in [-0.2, 0) is 0 Å². The van der Waals surface area contributed by atoms with E-state index in [-0.39, 0.29) is 5.54 Å². The molecule has 0 fully saturated rings. The van der Waals surface area contributed by atoms with Crippen LogP contribution in [0, 0.1) is 0 Å². The van der Waals surface area contributed by atoms with E-state index >= 15 is 0 Å². The first-order valence-corrected chi connectivity index (χ1v) is 6.42. The van der Waals surface area contributed by atoms with Crippen molar-refractivity contribution in [2.24, 2.45) is 0 Å². The number of nitrogens with zero attached hydrogens (tertiary/aromatic N) is 2. The second-order valence-electron chi connectivity index (χ2n) is 5.44. The number of pyridine rings is 1. The van der Waals surface area contributed by atoms with Crippen LogP contribution in [0.4, 0.5) is 5.69 Å². The van der Waals surface area contributed by atoms with Gasteiger partial charge in [-0.1, -0.05) is 13.0 Å². The minimum atomic E-state index is -0.471. The average molecular weight is 248 g/mol. The fourth-order valence-electron chi connectivity index (χ4n) is 1.86. The fraction of sp³-hybridized carbons (Fsp3) is 0.533. The van der Waals surface area contributed by atoms with Gasteiger partial charge >= 0.3 is 0 Å². The lowest BCUT2D eigenvalue weighted by molar-refractivity contribution is 0.169. The molecule has 3 nitrogen and oxygen atoms in total. The van der Waals surface area contributed by atoms with Gasteiger partial charge in [-0.15, -0.1) is 6.58 Å². The van der Waals surface area contributed by atoms with Gasteiger partial charge in [-0.05, 0) is 39.3 Å². The van der Waals surface area contributed by atoms with Gasteiger partial charge in [0.05, 0.1) is 23.7 Å².